The summed E-state index contributed by atoms with van der Waals surface area (Å²) in [5, 5.41) is 4.73. The molecule has 24 heavy (non-hydrogen) atoms. The van der Waals surface area contributed by atoms with Crippen molar-refractivity contribution < 1.29 is 14.3 Å². The number of ether oxygens (including phenoxy) is 2. The van der Waals surface area contributed by atoms with Crippen molar-refractivity contribution in [1.82, 2.24) is 4.98 Å². The van der Waals surface area contributed by atoms with Crippen LogP contribution >= 0.6 is 11.3 Å². The van der Waals surface area contributed by atoms with Crippen LogP contribution in [0.3, 0.4) is 0 Å². The number of anilines is 1. The van der Waals surface area contributed by atoms with Crippen LogP contribution in [0.2, 0.25) is 0 Å². The van der Waals surface area contributed by atoms with Crippen molar-refractivity contribution >= 4 is 22.9 Å². The molecule has 0 radical (unpaired) electrons. The second-order valence-corrected chi connectivity index (χ2v) is 5.89. The Morgan fingerprint density at radius 1 is 1.17 bits per heavy atom. The van der Waals surface area contributed by atoms with E-state index >= 15 is 0 Å². The van der Waals surface area contributed by atoms with Crippen LogP contribution in [0.15, 0.2) is 60.2 Å². The summed E-state index contributed by atoms with van der Waals surface area (Å²) >= 11 is 1.40. The lowest BCUT2D eigenvalue weighted by Gasteiger charge is -2.13. The van der Waals surface area contributed by atoms with Crippen molar-refractivity contribution in [3.05, 3.63) is 70.7 Å². The molecule has 0 fully saturated rings. The average Bonchev–Trinajstić information content (AvgIpc) is 3.16. The van der Waals surface area contributed by atoms with Crippen LogP contribution in [0.5, 0.6) is 11.5 Å². The fourth-order valence-electron chi connectivity index (χ4n) is 2.11. The molecule has 1 aromatic carbocycles. The fraction of sp³-hybridized carbons (Fsp3) is 0.111. The van der Waals surface area contributed by atoms with Crippen molar-refractivity contribution in [2.24, 2.45) is 0 Å². The zero-order chi connectivity index (χ0) is 16.8. The highest BCUT2D eigenvalue weighted by molar-refractivity contribution is 7.12. The minimum Gasteiger partial charge on any atom is -0.493 e. The normalized spacial score (nSPS) is 10.2. The van der Waals surface area contributed by atoms with E-state index in [0.717, 1.165) is 5.56 Å². The van der Waals surface area contributed by atoms with E-state index in [0.29, 0.717) is 28.7 Å². The summed E-state index contributed by atoms with van der Waals surface area (Å²) in [7, 11) is 1.58. The first-order chi connectivity index (χ1) is 11.8. The molecule has 0 bridgehead atoms. The van der Waals surface area contributed by atoms with Gasteiger partial charge in [-0.2, -0.15) is 0 Å². The lowest BCUT2D eigenvalue weighted by atomic mass is 10.2. The van der Waals surface area contributed by atoms with Crippen molar-refractivity contribution in [3.63, 3.8) is 0 Å². The second-order valence-electron chi connectivity index (χ2n) is 4.94. The van der Waals surface area contributed by atoms with Crippen LogP contribution in [0, 0.1) is 0 Å². The number of nitrogens with one attached hydrogen (secondary N) is 1. The van der Waals surface area contributed by atoms with E-state index in [1.165, 1.54) is 11.3 Å². The Bertz CT molecular complexity index is 804. The summed E-state index contributed by atoms with van der Waals surface area (Å²) in [6.07, 6.45) is 3.43. The monoisotopic (exact) mass is 340 g/mol. The lowest BCUT2D eigenvalue weighted by molar-refractivity contribution is 0.103. The number of methoxy groups -OCH3 is 1. The summed E-state index contributed by atoms with van der Waals surface area (Å²) in [5.74, 6) is 1.03. The van der Waals surface area contributed by atoms with E-state index in [-0.39, 0.29) is 5.91 Å². The zero-order valence-electron chi connectivity index (χ0n) is 13.1. The van der Waals surface area contributed by atoms with Gasteiger partial charge in [0.1, 0.15) is 6.61 Å². The van der Waals surface area contributed by atoms with Crippen LogP contribution in [-0.2, 0) is 6.61 Å². The van der Waals surface area contributed by atoms with Gasteiger partial charge in [0.25, 0.3) is 5.91 Å². The number of amides is 1. The number of rotatable bonds is 6. The van der Waals surface area contributed by atoms with Crippen molar-refractivity contribution in [1.29, 1.82) is 0 Å². The van der Waals surface area contributed by atoms with E-state index in [9.17, 15) is 4.79 Å². The van der Waals surface area contributed by atoms with E-state index in [1.807, 2.05) is 23.6 Å². The molecule has 5 nitrogen and oxygen atoms in total. The first-order valence-electron chi connectivity index (χ1n) is 7.31. The van der Waals surface area contributed by atoms with Crippen molar-refractivity contribution in [2.75, 3.05) is 12.4 Å². The molecule has 6 heteroatoms. The Kier molecular flexibility index (Phi) is 5.08. The van der Waals surface area contributed by atoms with Gasteiger partial charge in [-0.05, 0) is 41.3 Å². The number of hydrogen-bond acceptors (Lipinski definition) is 5. The fourth-order valence-corrected chi connectivity index (χ4v) is 2.73. The minimum absolute atomic E-state index is 0.143. The highest BCUT2D eigenvalue weighted by Crippen LogP contribution is 2.31. The zero-order valence-corrected chi connectivity index (χ0v) is 13.9. The predicted molar refractivity (Wildman–Crippen MR) is 93.8 cm³/mol. The molecule has 1 amide bonds. The van der Waals surface area contributed by atoms with Crippen LogP contribution in [0.1, 0.15) is 15.2 Å². The summed E-state index contributed by atoms with van der Waals surface area (Å²) in [6, 6.07) is 12.7. The van der Waals surface area contributed by atoms with Gasteiger partial charge in [-0.15, -0.1) is 11.3 Å². The smallest absolute Gasteiger partial charge is 0.265 e. The molecule has 0 saturated heterocycles. The minimum atomic E-state index is -0.143. The molecule has 0 aliphatic carbocycles. The second kappa shape index (κ2) is 7.61. The molecule has 0 atom stereocenters. The van der Waals surface area contributed by atoms with Crippen LogP contribution < -0.4 is 14.8 Å². The Morgan fingerprint density at radius 3 is 2.71 bits per heavy atom. The predicted octanol–water partition coefficient (Wildman–Crippen LogP) is 3.98. The molecule has 3 aromatic rings. The number of carbonyl (C=O) groups excluding carboxylic acids is 1. The van der Waals surface area contributed by atoms with Gasteiger partial charge in [-0.1, -0.05) is 6.07 Å². The Labute approximate surface area is 143 Å². The standard InChI is InChI=1S/C18H16N2O3S/c1-22-15-5-4-14(20-18(21)17-3-2-10-24-17)11-16(15)23-12-13-6-8-19-9-7-13/h2-11H,12H2,1H3,(H,20,21). The average molecular weight is 340 g/mol. The number of benzene rings is 1. The Balaban J connectivity index is 1.74. The van der Waals surface area contributed by atoms with Crippen LogP contribution in [-0.4, -0.2) is 18.0 Å². The molecule has 2 aromatic heterocycles. The topological polar surface area (TPSA) is 60.5 Å². The van der Waals surface area contributed by atoms with Gasteiger partial charge in [0.05, 0.1) is 12.0 Å². The summed E-state index contributed by atoms with van der Waals surface area (Å²) in [6.45, 7) is 0.390. The van der Waals surface area contributed by atoms with Crippen molar-refractivity contribution in [3.8, 4) is 11.5 Å². The van der Waals surface area contributed by atoms with Crippen molar-refractivity contribution in [2.45, 2.75) is 6.61 Å². The van der Waals surface area contributed by atoms with Crippen LogP contribution in [0.25, 0.3) is 0 Å². The molecular weight excluding hydrogens is 324 g/mol. The van der Waals surface area contributed by atoms with E-state index in [4.69, 9.17) is 9.47 Å². The maximum absolute atomic E-state index is 12.1. The number of carbonyl (C=O) groups is 1. The Hall–Kier alpha value is -2.86. The SMILES string of the molecule is COc1ccc(NC(=O)c2cccs2)cc1OCc1ccncc1. The maximum atomic E-state index is 12.1. The van der Waals surface area contributed by atoms with Gasteiger partial charge in [0.2, 0.25) is 0 Å². The van der Waals surface area contributed by atoms with Gasteiger partial charge >= 0.3 is 0 Å². The third kappa shape index (κ3) is 3.91. The quantitative estimate of drug-likeness (QED) is 0.737. The molecule has 2 heterocycles. The van der Waals surface area contributed by atoms with Gasteiger partial charge < -0.3 is 14.8 Å². The highest BCUT2D eigenvalue weighted by Gasteiger charge is 2.10. The van der Waals surface area contributed by atoms with Gasteiger partial charge in [0.15, 0.2) is 11.5 Å². The third-order valence-electron chi connectivity index (χ3n) is 3.31. The molecular formula is C18H16N2O3S. The summed E-state index contributed by atoms with van der Waals surface area (Å²) in [4.78, 5) is 16.8. The highest BCUT2D eigenvalue weighted by atomic mass is 32.1. The van der Waals surface area contributed by atoms with E-state index in [2.05, 4.69) is 10.3 Å². The largest absolute Gasteiger partial charge is 0.493 e. The molecule has 3 rings (SSSR count). The molecule has 0 aliphatic heterocycles. The first-order valence-corrected chi connectivity index (χ1v) is 8.19. The number of aromatic nitrogens is 1. The summed E-state index contributed by atoms with van der Waals surface area (Å²) in [5.41, 5.74) is 1.65. The van der Waals surface area contributed by atoms with E-state index < -0.39 is 0 Å². The third-order valence-corrected chi connectivity index (χ3v) is 4.18. The number of thiophene rings is 1. The van der Waals surface area contributed by atoms with Gasteiger partial charge in [-0.25, -0.2) is 0 Å². The number of pyridine rings is 1. The molecule has 1 N–H and O–H groups in total. The van der Waals surface area contributed by atoms with Gasteiger partial charge in [0, 0.05) is 24.1 Å². The molecule has 0 spiro atoms. The van der Waals surface area contributed by atoms with Gasteiger partial charge in [-0.3, -0.25) is 9.78 Å². The maximum Gasteiger partial charge on any atom is 0.265 e. The summed E-state index contributed by atoms with van der Waals surface area (Å²) < 4.78 is 11.1. The first kappa shape index (κ1) is 16.0. The molecule has 122 valence electrons. The Morgan fingerprint density at radius 2 is 2.00 bits per heavy atom. The number of nitrogens with zero attached hydrogens (tertiary/aromatic N) is 1. The molecule has 0 aliphatic rings. The van der Waals surface area contributed by atoms with E-state index in [1.54, 1.807) is 43.8 Å². The lowest BCUT2D eigenvalue weighted by Crippen LogP contribution is -2.10. The number of hydrogen-bond donors (Lipinski definition) is 1. The molecule has 0 saturated carbocycles. The van der Waals surface area contributed by atoms with Crippen LogP contribution in [0.4, 0.5) is 5.69 Å². The molecule has 0 unspecified atom stereocenters.